The first-order chi connectivity index (χ1) is 9.41. The van der Waals surface area contributed by atoms with E-state index in [4.69, 9.17) is 5.73 Å². The van der Waals surface area contributed by atoms with Crippen LogP contribution in [0.3, 0.4) is 0 Å². The first-order valence-electron chi connectivity index (χ1n) is 6.40. The zero-order valence-electron chi connectivity index (χ0n) is 11.0. The van der Waals surface area contributed by atoms with Crippen molar-refractivity contribution < 1.29 is 13.2 Å². The summed E-state index contributed by atoms with van der Waals surface area (Å²) in [5.74, 6) is 0.597. The molecule has 0 fully saturated rings. The van der Waals surface area contributed by atoms with E-state index in [0.29, 0.717) is 17.1 Å². The number of hydrogen-bond donors (Lipinski definition) is 2. The number of aromatic nitrogens is 2. The van der Waals surface area contributed by atoms with Crippen molar-refractivity contribution in [1.82, 2.24) is 9.97 Å². The van der Waals surface area contributed by atoms with E-state index in [1.807, 2.05) is 6.92 Å². The molecule has 6 heteroatoms. The zero-order chi connectivity index (χ0) is 14.8. The Balaban J connectivity index is 2.28. The van der Waals surface area contributed by atoms with Gasteiger partial charge in [0.1, 0.15) is 5.82 Å². The first-order valence-corrected chi connectivity index (χ1v) is 6.40. The molecule has 0 saturated carbocycles. The Morgan fingerprint density at radius 2 is 2.10 bits per heavy atom. The number of aromatic amines is 1. The highest BCUT2D eigenvalue weighted by Gasteiger charge is 2.30. The summed E-state index contributed by atoms with van der Waals surface area (Å²) in [5, 5.41) is 0. The number of benzene rings is 1. The molecule has 0 aliphatic rings. The molecule has 3 nitrogen and oxygen atoms in total. The maximum atomic E-state index is 12.7. The summed E-state index contributed by atoms with van der Waals surface area (Å²) in [5.41, 5.74) is 6.23. The largest absolute Gasteiger partial charge is 0.416 e. The second kappa shape index (κ2) is 5.66. The number of nitrogens with two attached hydrogens (primary N) is 1. The Bertz CT molecular complexity index is 575. The van der Waals surface area contributed by atoms with Crippen LogP contribution < -0.4 is 5.73 Å². The van der Waals surface area contributed by atoms with Crippen molar-refractivity contribution in [3.05, 3.63) is 41.9 Å². The molecule has 1 heterocycles. The van der Waals surface area contributed by atoms with Gasteiger partial charge < -0.3 is 10.7 Å². The molecule has 2 aromatic rings. The Morgan fingerprint density at radius 1 is 1.35 bits per heavy atom. The Kier molecular flexibility index (Phi) is 4.13. The predicted molar refractivity (Wildman–Crippen MR) is 70.9 cm³/mol. The molecule has 0 aliphatic carbocycles. The van der Waals surface area contributed by atoms with Gasteiger partial charge in [0.15, 0.2) is 0 Å². The number of hydrogen-bond acceptors (Lipinski definition) is 2. The van der Waals surface area contributed by atoms with E-state index >= 15 is 0 Å². The Labute approximate surface area is 115 Å². The number of imidazole rings is 1. The van der Waals surface area contributed by atoms with Gasteiger partial charge >= 0.3 is 6.18 Å². The van der Waals surface area contributed by atoms with E-state index in [1.54, 1.807) is 6.07 Å². The number of H-pyrrole nitrogens is 1. The van der Waals surface area contributed by atoms with Crippen LogP contribution in [0.15, 0.2) is 30.5 Å². The molecule has 0 saturated heterocycles. The molecular formula is C14H16F3N3. The average molecular weight is 283 g/mol. The van der Waals surface area contributed by atoms with E-state index < -0.39 is 11.7 Å². The van der Waals surface area contributed by atoms with Crippen molar-refractivity contribution in [2.24, 2.45) is 5.73 Å². The van der Waals surface area contributed by atoms with E-state index in [2.05, 4.69) is 9.97 Å². The molecule has 1 atom stereocenters. The summed E-state index contributed by atoms with van der Waals surface area (Å²) < 4.78 is 38.0. The summed E-state index contributed by atoms with van der Waals surface area (Å²) >= 11 is 0. The molecule has 0 aliphatic heterocycles. The molecule has 0 radical (unpaired) electrons. The number of rotatable bonds is 4. The topological polar surface area (TPSA) is 54.7 Å². The van der Waals surface area contributed by atoms with Gasteiger partial charge in [-0.15, -0.1) is 0 Å². The molecule has 108 valence electrons. The van der Waals surface area contributed by atoms with E-state index in [9.17, 15) is 13.2 Å². The maximum absolute atomic E-state index is 12.7. The highest BCUT2D eigenvalue weighted by atomic mass is 19.4. The lowest BCUT2D eigenvalue weighted by Crippen LogP contribution is -2.11. The monoisotopic (exact) mass is 283 g/mol. The number of halogens is 3. The first kappa shape index (κ1) is 14.6. The fourth-order valence-corrected chi connectivity index (χ4v) is 1.98. The summed E-state index contributed by atoms with van der Waals surface area (Å²) in [6.45, 7) is 2.01. The van der Waals surface area contributed by atoms with Crippen molar-refractivity contribution in [2.75, 3.05) is 0 Å². The number of nitrogens with one attached hydrogen (secondary N) is 1. The Morgan fingerprint density at radius 3 is 2.75 bits per heavy atom. The van der Waals surface area contributed by atoms with Crippen LogP contribution in [-0.4, -0.2) is 9.97 Å². The molecule has 0 bridgehead atoms. The predicted octanol–water partition coefficient (Wildman–Crippen LogP) is 3.90. The lowest BCUT2D eigenvalue weighted by molar-refractivity contribution is -0.137. The smallest absolute Gasteiger partial charge is 0.341 e. The highest BCUT2D eigenvalue weighted by molar-refractivity contribution is 5.59. The minimum atomic E-state index is -4.35. The van der Waals surface area contributed by atoms with Gasteiger partial charge in [0.2, 0.25) is 0 Å². The van der Waals surface area contributed by atoms with Crippen LogP contribution in [0.5, 0.6) is 0 Å². The Hall–Kier alpha value is -1.82. The zero-order valence-corrected chi connectivity index (χ0v) is 11.0. The van der Waals surface area contributed by atoms with E-state index in [-0.39, 0.29) is 6.04 Å². The SMILES string of the molecule is CCCC(N)c1ncc(-c2cccc(C(F)(F)F)c2)[nH]1. The van der Waals surface area contributed by atoms with Crippen LogP contribution in [0, 0.1) is 0 Å². The highest BCUT2D eigenvalue weighted by Crippen LogP contribution is 2.31. The van der Waals surface area contributed by atoms with Gasteiger partial charge in [-0.25, -0.2) is 4.98 Å². The lowest BCUT2D eigenvalue weighted by Gasteiger charge is -2.08. The lowest BCUT2D eigenvalue weighted by atomic mass is 10.1. The normalized spacial score (nSPS) is 13.4. The third kappa shape index (κ3) is 3.19. The van der Waals surface area contributed by atoms with Gasteiger partial charge in [-0.2, -0.15) is 13.2 Å². The van der Waals surface area contributed by atoms with E-state index in [0.717, 1.165) is 25.0 Å². The number of alkyl halides is 3. The van der Waals surface area contributed by atoms with Crippen molar-refractivity contribution in [1.29, 1.82) is 0 Å². The van der Waals surface area contributed by atoms with Crippen LogP contribution in [-0.2, 0) is 6.18 Å². The van der Waals surface area contributed by atoms with E-state index in [1.165, 1.54) is 12.3 Å². The van der Waals surface area contributed by atoms with Gasteiger partial charge in [0, 0.05) is 5.56 Å². The molecule has 2 rings (SSSR count). The quantitative estimate of drug-likeness (QED) is 0.894. The molecule has 0 spiro atoms. The molecule has 1 aromatic carbocycles. The van der Waals surface area contributed by atoms with Crippen LogP contribution >= 0.6 is 0 Å². The molecule has 3 N–H and O–H groups in total. The van der Waals surface area contributed by atoms with Gasteiger partial charge in [-0.1, -0.05) is 25.5 Å². The maximum Gasteiger partial charge on any atom is 0.416 e. The van der Waals surface area contributed by atoms with Crippen LogP contribution in [0.4, 0.5) is 13.2 Å². The van der Waals surface area contributed by atoms with Crippen molar-refractivity contribution in [2.45, 2.75) is 32.0 Å². The minimum absolute atomic E-state index is 0.223. The van der Waals surface area contributed by atoms with Crippen molar-refractivity contribution in [3.8, 4) is 11.3 Å². The standard InChI is InChI=1S/C14H16F3N3/c1-2-4-11(18)13-19-8-12(20-13)9-5-3-6-10(7-9)14(15,16)17/h3,5-8,11H,2,4,18H2,1H3,(H,19,20). The average Bonchev–Trinajstić information content (AvgIpc) is 2.88. The summed E-state index contributed by atoms with van der Waals surface area (Å²) in [7, 11) is 0. The third-order valence-corrected chi connectivity index (χ3v) is 3.05. The summed E-state index contributed by atoms with van der Waals surface area (Å²) in [6, 6.07) is 4.91. The third-order valence-electron chi connectivity index (χ3n) is 3.05. The van der Waals surface area contributed by atoms with Crippen LogP contribution in [0.1, 0.15) is 37.2 Å². The van der Waals surface area contributed by atoms with Crippen LogP contribution in [0.2, 0.25) is 0 Å². The fourth-order valence-electron chi connectivity index (χ4n) is 1.98. The molecule has 20 heavy (non-hydrogen) atoms. The van der Waals surface area contributed by atoms with Crippen LogP contribution in [0.25, 0.3) is 11.3 Å². The van der Waals surface area contributed by atoms with Gasteiger partial charge in [-0.3, -0.25) is 0 Å². The molecule has 1 aromatic heterocycles. The van der Waals surface area contributed by atoms with Crippen molar-refractivity contribution >= 4 is 0 Å². The van der Waals surface area contributed by atoms with Gasteiger partial charge in [0.25, 0.3) is 0 Å². The fraction of sp³-hybridized carbons (Fsp3) is 0.357. The van der Waals surface area contributed by atoms with Gasteiger partial charge in [0.05, 0.1) is 23.5 Å². The molecule has 1 unspecified atom stereocenters. The second-order valence-electron chi connectivity index (χ2n) is 4.66. The second-order valence-corrected chi connectivity index (χ2v) is 4.66. The number of nitrogens with zero attached hydrogens (tertiary/aromatic N) is 1. The molecular weight excluding hydrogens is 267 g/mol. The van der Waals surface area contributed by atoms with Crippen molar-refractivity contribution in [3.63, 3.8) is 0 Å². The minimum Gasteiger partial charge on any atom is -0.341 e. The molecule has 0 amide bonds. The summed E-state index contributed by atoms with van der Waals surface area (Å²) in [4.78, 5) is 7.13. The van der Waals surface area contributed by atoms with Gasteiger partial charge in [-0.05, 0) is 18.6 Å². The summed E-state index contributed by atoms with van der Waals surface area (Å²) in [6.07, 6.45) is -1.14.